The molecule has 2 N–H and O–H groups in total. The zero-order chi connectivity index (χ0) is 17.0. The van der Waals surface area contributed by atoms with Crippen LogP contribution in [-0.4, -0.2) is 12.0 Å². The van der Waals surface area contributed by atoms with E-state index < -0.39 is 0 Å². The lowest BCUT2D eigenvalue weighted by molar-refractivity contribution is 0.801. The predicted octanol–water partition coefficient (Wildman–Crippen LogP) is 4.98. The molecule has 0 unspecified atom stereocenters. The van der Waals surface area contributed by atoms with Crippen LogP contribution < -0.4 is 10.6 Å². The van der Waals surface area contributed by atoms with E-state index in [1.807, 2.05) is 18.2 Å². The first kappa shape index (κ1) is 17.1. The van der Waals surface area contributed by atoms with Gasteiger partial charge < -0.3 is 10.6 Å². The molecule has 0 aromatic heterocycles. The lowest BCUT2D eigenvalue weighted by Gasteiger charge is -2.28. The second-order valence-electron chi connectivity index (χ2n) is 6.48. The van der Waals surface area contributed by atoms with Crippen molar-refractivity contribution in [2.24, 2.45) is 10.7 Å². The van der Waals surface area contributed by atoms with Crippen LogP contribution in [0.15, 0.2) is 53.5 Å². The summed E-state index contributed by atoms with van der Waals surface area (Å²) in [4.78, 5) is 6.79. The minimum Gasteiger partial charge on any atom is -0.369 e. The Morgan fingerprint density at radius 2 is 1.57 bits per heavy atom. The molecular weight excluding hydrogens is 282 g/mol. The van der Waals surface area contributed by atoms with Crippen LogP contribution in [0.3, 0.4) is 0 Å². The molecular formula is C20H27N3. The number of benzene rings is 2. The van der Waals surface area contributed by atoms with Crippen molar-refractivity contribution in [2.75, 3.05) is 4.90 Å². The summed E-state index contributed by atoms with van der Waals surface area (Å²) in [5.74, 6) is 0.937. The second-order valence-corrected chi connectivity index (χ2v) is 6.48. The highest BCUT2D eigenvalue weighted by Gasteiger charge is 2.15. The molecule has 0 heterocycles. The Morgan fingerprint density at radius 3 is 2.13 bits per heavy atom. The van der Waals surface area contributed by atoms with Crippen molar-refractivity contribution in [1.82, 2.24) is 0 Å². The average Bonchev–Trinajstić information content (AvgIpc) is 2.49. The zero-order valence-electron chi connectivity index (χ0n) is 14.7. The molecule has 2 aromatic carbocycles. The fraction of sp³-hybridized carbons (Fsp3) is 0.350. The van der Waals surface area contributed by atoms with Crippen molar-refractivity contribution < 1.29 is 0 Å². The molecule has 0 fully saturated rings. The van der Waals surface area contributed by atoms with E-state index in [4.69, 9.17) is 10.7 Å². The summed E-state index contributed by atoms with van der Waals surface area (Å²) in [7, 11) is 0. The summed E-state index contributed by atoms with van der Waals surface area (Å²) in [5, 5.41) is 0. The van der Waals surface area contributed by atoms with Crippen LogP contribution in [0, 0.1) is 6.92 Å². The number of rotatable bonds is 4. The third kappa shape index (κ3) is 4.13. The molecule has 0 radical (unpaired) electrons. The maximum absolute atomic E-state index is 6.37. The Morgan fingerprint density at radius 1 is 0.957 bits per heavy atom. The lowest BCUT2D eigenvalue weighted by atomic mass is 10.0. The molecule has 122 valence electrons. The van der Waals surface area contributed by atoms with Gasteiger partial charge in [-0.15, -0.1) is 0 Å². The molecule has 0 bridgehead atoms. The molecule has 0 spiro atoms. The van der Waals surface area contributed by atoms with E-state index in [2.05, 4.69) is 69.9 Å². The van der Waals surface area contributed by atoms with Gasteiger partial charge in [0.2, 0.25) is 5.96 Å². The lowest BCUT2D eigenvalue weighted by Crippen LogP contribution is -2.42. The van der Waals surface area contributed by atoms with Crippen LogP contribution in [-0.2, 0) is 0 Å². The SMILES string of the molecule is Cc1ccc(N(C(N)=Nc2ccccc2C(C)C)C(C)C)cc1. The molecule has 0 atom stereocenters. The minimum absolute atomic E-state index is 0.229. The van der Waals surface area contributed by atoms with Crippen molar-refractivity contribution in [3.63, 3.8) is 0 Å². The van der Waals surface area contributed by atoms with Gasteiger partial charge in [-0.1, -0.05) is 49.7 Å². The summed E-state index contributed by atoms with van der Waals surface area (Å²) in [5.41, 5.74) is 10.8. The molecule has 2 rings (SSSR count). The van der Waals surface area contributed by atoms with Gasteiger partial charge >= 0.3 is 0 Å². The van der Waals surface area contributed by atoms with Gasteiger partial charge in [-0.05, 0) is 50.5 Å². The topological polar surface area (TPSA) is 41.6 Å². The van der Waals surface area contributed by atoms with Crippen molar-refractivity contribution in [3.05, 3.63) is 59.7 Å². The van der Waals surface area contributed by atoms with Crippen LogP contribution in [0.1, 0.15) is 44.7 Å². The Labute approximate surface area is 139 Å². The van der Waals surface area contributed by atoms with Crippen LogP contribution in [0.5, 0.6) is 0 Å². The Kier molecular flexibility index (Phi) is 5.43. The Bertz CT molecular complexity index is 670. The first-order valence-corrected chi connectivity index (χ1v) is 8.19. The molecule has 0 aliphatic carbocycles. The van der Waals surface area contributed by atoms with E-state index >= 15 is 0 Å². The summed E-state index contributed by atoms with van der Waals surface area (Å²) >= 11 is 0. The van der Waals surface area contributed by atoms with E-state index in [9.17, 15) is 0 Å². The average molecular weight is 309 g/mol. The summed E-state index contributed by atoms with van der Waals surface area (Å²) in [6.07, 6.45) is 0. The van der Waals surface area contributed by atoms with E-state index in [1.54, 1.807) is 0 Å². The number of aryl methyl sites for hydroxylation is 1. The van der Waals surface area contributed by atoms with Gasteiger partial charge in [0.1, 0.15) is 0 Å². The fourth-order valence-electron chi connectivity index (χ4n) is 2.66. The standard InChI is InChI=1S/C20H27N3/c1-14(2)18-8-6-7-9-19(18)22-20(21)23(15(3)4)17-12-10-16(5)11-13-17/h6-15H,1-5H3,(H2,21,22). The van der Waals surface area contributed by atoms with Gasteiger partial charge in [0, 0.05) is 11.7 Å². The number of aliphatic imine (C=N–C) groups is 1. The van der Waals surface area contributed by atoms with Gasteiger partial charge in [0.05, 0.1) is 5.69 Å². The molecule has 23 heavy (non-hydrogen) atoms. The predicted molar refractivity (Wildman–Crippen MR) is 101 cm³/mol. The smallest absolute Gasteiger partial charge is 0.201 e. The summed E-state index contributed by atoms with van der Waals surface area (Å²) in [6, 6.07) is 16.8. The van der Waals surface area contributed by atoms with Gasteiger partial charge in [0.25, 0.3) is 0 Å². The number of anilines is 1. The van der Waals surface area contributed by atoms with Crippen molar-refractivity contribution >= 4 is 17.3 Å². The monoisotopic (exact) mass is 309 g/mol. The largest absolute Gasteiger partial charge is 0.369 e. The highest BCUT2D eigenvalue weighted by molar-refractivity contribution is 5.97. The maximum atomic E-state index is 6.37. The fourth-order valence-corrected chi connectivity index (χ4v) is 2.66. The Hall–Kier alpha value is -2.29. The normalized spacial score (nSPS) is 12.0. The van der Waals surface area contributed by atoms with Crippen molar-refractivity contribution in [3.8, 4) is 0 Å². The van der Waals surface area contributed by atoms with E-state index in [0.717, 1.165) is 11.4 Å². The van der Waals surface area contributed by atoms with E-state index in [-0.39, 0.29) is 6.04 Å². The molecule has 0 aliphatic heterocycles. The van der Waals surface area contributed by atoms with Gasteiger partial charge in [-0.2, -0.15) is 0 Å². The third-order valence-corrected chi connectivity index (χ3v) is 3.87. The van der Waals surface area contributed by atoms with Gasteiger partial charge in [0.15, 0.2) is 0 Å². The van der Waals surface area contributed by atoms with Crippen molar-refractivity contribution in [1.29, 1.82) is 0 Å². The quantitative estimate of drug-likeness (QED) is 0.639. The molecule has 0 saturated heterocycles. The number of para-hydroxylation sites is 1. The first-order valence-electron chi connectivity index (χ1n) is 8.19. The molecule has 0 amide bonds. The number of nitrogens with two attached hydrogens (primary N) is 1. The van der Waals surface area contributed by atoms with Crippen LogP contribution in [0.4, 0.5) is 11.4 Å². The van der Waals surface area contributed by atoms with Crippen LogP contribution in [0.2, 0.25) is 0 Å². The summed E-state index contributed by atoms with van der Waals surface area (Å²) < 4.78 is 0. The zero-order valence-corrected chi connectivity index (χ0v) is 14.7. The number of hydrogen-bond acceptors (Lipinski definition) is 1. The highest BCUT2D eigenvalue weighted by Crippen LogP contribution is 2.27. The number of hydrogen-bond donors (Lipinski definition) is 1. The third-order valence-electron chi connectivity index (χ3n) is 3.87. The Balaban J connectivity index is 2.42. The van der Waals surface area contributed by atoms with Crippen molar-refractivity contribution in [2.45, 2.75) is 46.6 Å². The molecule has 0 aliphatic rings. The number of nitrogens with zero attached hydrogens (tertiary/aromatic N) is 2. The highest BCUT2D eigenvalue weighted by atomic mass is 15.3. The van der Waals surface area contributed by atoms with E-state index in [1.165, 1.54) is 11.1 Å². The summed E-state index contributed by atoms with van der Waals surface area (Å²) in [6.45, 7) is 10.7. The maximum Gasteiger partial charge on any atom is 0.201 e. The van der Waals surface area contributed by atoms with E-state index in [0.29, 0.717) is 11.9 Å². The van der Waals surface area contributed by atoms with Gasteiger partial charge in [-0.3, -0.25) is 0 Å². The molecule has 3 nitrogen and oxygen atoms in total. The number of guanidine groups is 1. The van der Waals surface area contributed by atoms with Crippen LogP contribution >= 0.6 is 0 Å². The molecule has 0 saturated carbocycles. The second kappa shape index (κ2) is 7.32. The molecule has 3 heteroatoms. The minimum atomic E-state index is 0.229. The first-order chi connectivity index (χ1) is 10.9. The van der Waals surface area contributed by atoms with Crippen LogP contribution in [0.25, 0.3) is 0 Å². The van der Waals surface area contributed by atoms with Gasteiger partial charge in [-0.25, -0.2) is 4.99 Å². The molecule has 2 aromatic rings.